The molecule has 0 aliphatic carbocycles. The molecule has 3 aromatic rings. The third-order valence-electron chi connectivity index (χ3n) is 5.04. The van der Waals surface area contributed by atoms with Crippen LogP contribution in [0.25, 0.3) is 12.2 Å². The molecule has 0 radical (unpaired) electrons. The molecule has 5 nitrogen and oxygen atoms in total. The average molecular weight is 496 g/mol. The molecule has 0 saturated heterocycles. The zero-order chi connectivity index (χ0) is 22.9. The number of carbonyl (C=O) groups excluding carboxylic acids is 1. The predicted octanol–water partition coefficient (Wildman–Crippen LogP) is 5.81. The summed E-state index contributed by atoms with van der Waals surface area (Å²) in [6, 6.07) is 21.2. The summed E-state index contributed by atoms with van der Waals surface area (Å²) in [6.45, 7) is 0.351. The van der Waals surface area contributed by atoms with Crippen molar-refractivity contribution >= 4 is 39.7 Å². The predicted molar refractivity (Wildman–Crippen MR) is 133 cm³/mol. The Morgan fingerprint density at radius 1 is 0.875 bits per heavy atom. The third kappa shape index (κ3) is 5.71. The Balaban J connectivity index is 2.04. The number of benzene rings is 3. The van der Waals surface area contributed by atoms with E-state index in [1.54, 1.807) is 26.2 Å². The highest BCUT2D eigenvalue weighted by Crippen LogP contribution is 2.33. The van der Waals surface area contributed by atoms with Crippen LogP contribution in [0.4, 0.5) is 5.69 Å². The van der Waals surface area contributed by atoms with Gasteiger partial charge in [-0.05, 0) is 41.5 Å². The number of hydrogen-bond donors (Lipinski definition) is 0. The molecule has 3 aromatic carbocycles. The van der Waals surface area contributed by atoms with Gasteiger partial charge < -0.3 is 19.1 Å². The maximum absolute atomic E-state index is 12.8. The van der Waals surface area contributed by atoms with Gasteiger partial charge in [0, 0.05) is 17.3 Å². The van der Waals surface area contributed by atoms with Gasteiger partial charge in [0.15, 0.2) is 0 Å². The fourth-order valence-electron chi connectivity index (χ4n) is 3.32. The number of alkyl halides is 1. The molecule has 0 fully saturated rings. The number of para-hydroxylation sites is 1. The number of amides is 1. The maximum Gasteiger partial charge on any atom is 0.237 e. The van der Waals surface area contributed by atoms with Crippen LogP contribution in [-0.4, -0.2) is 32.6 Å². The van der Waals surface area contributed by atoms with E-state index >= 15 is 0 Å². The average Bonchev–Trinajstić information content (AvgIpc) is 2.86. The minimum atomic E-state index is -0.0424. The normalized spacial score (nSPS) is 10.8. The summed E-state index contributed by atoms with van der Waals surface area (Å²) in [4.78, 5) is 14.5. The molecule has 0 aliphatic heterocycles. The van der Waals surface area contributed by atoms with E-state index in [9.17, 15) is 4.79 Å². The van der Waals surface area contributed by atoms with Gasteiger partial charge in [-0.15, -0.1) is 0 Å². The van der Waals surface area contributed by atoms with Gasteiger partial charge in [0.1, 0.15) is 17.2 Å². The van der Waals surface area contributed by atoms with Crippen LogP contribution < -0.4 is 19.1 Å². The molecule has 3 rings (SSSR count). The first-order valence-electron chi connectivity index (χ1n) is 10.1. The summed E-state index contributed by atoms with van der Waals surface area (Å²) in [5.41, 5.74) is 3.63. The number of methoxy groups -OCH3 is 3. The van der Waals surface area contributed by atoms with Crippen molar-refractivity contribution in [3.05, 3.63) is 83.4 Å². The van der Waals surface area contributed by atoms with Gasteiger partial charge >= 0.3 is 0 Å². The van der Waals surface area contributed by atoms with Crippen LogP contribution in [0.2, 0.25) is 0 Å². The highest BCUT2D eigenvalue weighted by molar-refractivity contribution is 9.09. The molecule has 32 heavy (non-hydrogen) atoms. The van der Waals surface area contributed by atoms with E-state index in [1.807, 2.05) is 78.9 Å². The smallest absolute Gasteiger partial charge is 0.237 e. The first-order chi connectivity index (χ1) is 15.6. The molecule has 166 valence electrons. The molecule has 0 unspecified atom stereocenters. The lowest BCUT2D eigenvalue weighted by molar-refractivity contribution is -0.116. The van der Waals surface area contributed by atoms with E-state index in [-0.39, 0.29) is 11.2 Å². The van der Waals surface area contributed by atoms with Gasteiger partial charge in [0.25, 0.3) is 0 Å². The van der Waals surface area contributed by atoms with Crippen LogP contribution in [0.1, 0.15) is 16.7 Å². The third-order valence-corrected chi connectivity index (χ3v) is 5.52. The lowest BCUT2D eigenvalue weighted by Crippen LogP contribution is -2.31. The first kappa shape index (κ1) is 23.4. The van der Waals surface area contributed by atoms with Crippen LogP contribution in [-0.2, 0) is 11.3 Å². The number of rotatable bonds is 9. The Bertz CT molecular complexity index is 1070. The second-order valence-electron chi connectivity index (χ2n) is 6.95. The fourth-order valence-corrected chi connectivity index (χ4v) is 3.62. The molecule has 0 saturated carbocycles. The van der Waals surface area contributed by atoms with Crippen molar-refractivity contribution in [2.24, 2.45) is 0 Å². The van der Waals surface area contributed by atoms with Crippen molar-refractivity contribution in [3.63, 3.8) is 0 Å². The molecular weight excluding hydrogens is 470 g/mol. The fraction of sp³-hybridized carbons (Fsp3) is 0.192. The maximum atomic E-state index is 12.8. The summed E-state index contributed by atoms with van der Waals surface area (Å²) in [5.74, 6) is 2.09. The molecular formula is C26H26BrNO4. The Hall–Kier alpha value is -3.25. The van der Waals surface area contributed by atoms with Crippen LogP contribution in [0, 0.1) is 0 Å². The largest absolute Gasteiger partial charge is 0.497 e. The molecule has 6 heteroatoms. The lowest BCUT2D eigenvalue weighted by Gasteiger charge is -2.24. The number of ether oxygens (including phenoxy) is 3. The Morgan fingerprint density at radius 3 is 2.16 bits per heavy atom. The van der Waals surface area contributed by atoms with Crippen molar-refractivity contribution in [1.82, 2.24) is 0 Å². The molecule has 0 bridgehead atoms. The molecule has 0 aliphatic rings. The van der Waals surface area contributed by atoms with Gasteiger partial charge in [0.2, 0.25) is 5.91 Å². The molecule has 1 amide bonds. The van der Waals surface area contributed by atoms with Crippen molar-refractivity contribution in [2.45, 2.75) is 6.54 Å². The number of anilines is 1. The Kier molecular flexibility index (Phi) is 8.34. The number of halogens is 1. The second kappa shape index (κ2) is 11.4. The van der Waals surface area contributed by atoms with Crippen LogP contribution in [0.5, 0.6) is 17.2 Å². The van der Waals surface area contributed by atoms with E-state index in [1.165, 1.54) is 0 Å². The van der Waals surface area contributed by atoms with Gasteiger partial charge in [-0.1, -0.05) is 58.4 Å². The summed E-state index contributed by atoms with van der Waals surface area (Å²) in [7, 11) is 4.89. The van der Waals surface area contributed by atoms with Crippen molar-refractivity contribution in [1.29, 1.82) is 0 Å². The second-order valence-corrected chi connectivity index (χ2v) is 7.51. The summed E-state index contributed by atoms with van der Waals surface area (Å²) in [6.07, 6.45) is 4.01. The number of nitrogens with zero attached hydrogens (tertiary/aromatic N) is 1. The highest BCUT2D eigenvalue weighted by atomic mass is 79.9. The van der Waals surface area contributed by atoms with E-state index < -0.39 is 0 Å². The Morgan fingerprint density at radius 2 is 1.56 bits per heavy atom. The molecule has 0 spiro atoms. The molecule has 0 atom stereocenters. The minimum Gasteiger partial charge on any atom is -0.497 e. The monoisotopic (exact) mass is 495 g/mol. The standard InChI is InChI=1S/C26H26BrNO4/c1-30-22-13-10-19(11-14-22)9-12-20-15-23(31-2)16-25(32-3)24(20)18-28(26(29)17-27)21-7-5-4-6-8-21/h4-16H,17-18H2,1-3H3. The lowest BCUT2D eigenvalue weighted by atomic mass is 10.0. The van der Waals surface area contributed by atoms with Crippen LogP contribution >= 0.6 is 15.9 Å². The topological polar surface area (TPSA) is 48.0 Å². The van der Waals surface area contributed by atoms with E-state index in [2.05, 4.69) is 15.9 Å². The highest BCUT2D eigenvalue weighted by Gasteiger charge is 2.20. The number of hydrogen-bond acceptors (Lipinski definition) is 4. The summed E-state index contributed by atoms with van der Waals surface area (Å²) < 4.78 is 16.4. The zero-order valence-corrected chi connectivity index (χ0v) is 20.0. The van der Waals surface area contributed by atoms with Crippen LogP contribution in [0.3, 0.4) is 0 Å². The quantitative estimate of drug-likeness (QED) is 0.277. The molecule has 0 aromatic heterocycles. The van der Waals surface area contributed by atoms with Gasteiger partial charge in [-0.2, -0.15) is 0 Å². The van der Waals surface area contributed by atoms with Crippen molar-refractivity contribution < 1.29 is 19.0 Å². The summed E-state index contributed by atoms with van der Waals surface area (Å²) in [5, 5.41) is 0.220. The van der Waals surface area contributed by atoms with Gasteiger partial charge in [0.05, 0.1) is 33.2 Å². The SMILES string of the molecule is COc1ccc(C=Cc2cc(OC)cc(OC)c2CN(C(=O)CBr)c2ccccc2)cc1. The van der Waals surface area contributed by atoms with E-state index in [0.29, 0.717) is 18.0 Å². The number of carbonyl (C=O) groups is 1. The van der Waals surface area contributed by atoms with Crippen LogP contribution in [0.15, 0.2) is 66.7 Å². The van der Waals surface area contributed by atoms with Gasteiger partial charge in [-0.3, -0.25) is 4.79 Å². The minimum absolute atomic E-state index is 0.0424. The molecule has 0 N–H and O–H groups in total. The van der Waals surface area contributed by atoms with E-state index in [0.717, 1.165) is 28.1 Å². The van der Waals surface area contributed by atoms with Crippen molar-refractivity contribution in [3.8, 4) is 17.2 Å². The van der Waals surface area contributed by atoms with Crippen molar-refractivity contribution in [2.75, 3.05) is 31.6 Å². The van der Waals surface area contributed by atoms with E-state index in [4.69, 9.17) is 14.2 Å². The molecule has 0 heterocycles. The zero-order valence-electron chi connectivity index (χ0n) is 18.4. The van der Waals surface area contributed by atoms with Gasteiger partial charge in [-0.25, -0.2) is 0 Å². The first-order valence-corrected chi connectivity index (χ1v) is 11.2. The Labute approximate surface area is 197 Å². The summed E-state index contributed by atoms with van der Waals surface area (Å²) >= 11 is 3.31.